The fourth-order valence-corrected chi connectivity index (χ4v) is 1.83. The summed E-state index contributed by atoms with van der Waals surface area (Å²) in [7, 11) is 0. The molecule has 0 radical (unpaired) electrons. The molecule has 0 saturated heterocycles. The van der Waals surface area contributed by atoms with Gasteiger partial charge in [-0.3, -0.25) is 10.4 Å². The molecular formula is C13H12BrN3O. The highest BCUT2D eigenvalue weighted by Gasteiger charge is 2.09. The first-order valence-electron chi connectivity index (χ1n) is 5.30. The predicted octanol–water partition coefficient (Wildman–Crippen LogP) is 3.23. The van der Waals surface area contributed by atoms with Crippen molar-refractivity contribution in [1.82, 2.24) is 4.98 Å². The maximum absolute atomic E-state index is 7.50. The van der Waals surface area contributed by atoms with Gasteiger partial charge in [0, 0.05) is 10.7 Å². The molecule has 0 aliphatic heterocycles. The van der Waals surface area contributed by atoms with E-state index in [0.29, 0.717) is 17.1 Å². The second-order valence-corrected chi connectivity index (χ2v) is 4.71. The Hall–Kier alpha value is -1.88. The van der Waals surface area contributed by atoms with Crippen molar-refractivity contribution in [3.8, 4) is 11.5 Å². The van der Waals surface area contributed by atoms with Gasteiger partial charge in [0.25, 0.3) is 0 Å². The van der Waals surface area contributed by atoms with Crippen LogP contribution >= 0.6 is 15.9 Å². The van der Waals surface area contributed by atoms with Gasteiger partial charge in [-0.1, -0.05) is 22.0 Å². The summed E-state index contributed by atoms with van der Waals surface area (Å²) >= 11 is 3.39. The molecule has 0 fully saturated rings. The summed E-state index contributed by atoms with van der Waals surface area (Å²) in [6, 6.07) is 7.41. The molecule has 0 unspecified atom stereocenters. The highest BCUT2D eigenvalue weighted by atomic mass is 79.9. The van der Waals surface area contributed by atoms with Crippen LogP contribution in [0.5, 0.6) is 11.5 Å². The van der Waals surface area contributed by atoms with Gasteiger partial charge in [-0.05, 0) is 30.7 Å². The average Bonchev–Trinajstić information content (AvgIpc) is 2.34. The fraction of sp³-hybridized carbons (Fsp3) is 0.0769. The van der Waals surface area contributed by atoms with E-state index < -0.39 is 0 Å². The minimum Gasteiger partial charge on any atom is -0.455 e. The zero-order valence-corrected chi connectivity index (χ0v) is 11.4. The first-order chi connectivity index (χ1) is 8.58. The third-order valence-electron chi connectivity index (χ3n) is 2.44. The van der Waals surface area contributed by atoms with Crippen molar-refractivity contribution in [3.05, 3.63) is 52.3 Å². The van der Waals surface area contributed by atoms with Gasteiger partial charge in [0.15, 0.2) is 5.75 Å². The van der Waals surface area contributed by atoms with Gasteiger partial charge < -0.3 is 10.5 Å². The molecule has 3 N–H and O–H groups in total. The molecule has 5 heteroatoms. The molecule has 18 heavy (non-hydrogen) atoms. The van der Waals surface area contributed by atoms with Crippen LogP contribution in [0.1, 0.15) is 11.1 Å². The van der Waals surface area contributed by atoms with Crippen molar-refractivity contribution in [2.75, 3.05) is 0 Å². The summed E-state index contributed by atoms with van der Waals surface area (Å²) < 4.78 is 6.70. The van der Waals surface area contributed by atoms with Gasteiger partial charge in [0.1, 0.15) is 11.6 Å². The van der Waals surface area contributed by atoms with Crippen LogP contribution in [-0.4, -0.2) is 10.8 Å². The summed E-state index contributed by atoms with van der Waals surface area (Å²) in [4.78, 5) is 3.99. The molecule has 0 bridgehead atoms. The van der Waals surface area contributed by atoms with Crippen LogP contribution in [0.4, 0.5) is 0 Å². The number of amidine groups is 1. The molecule has 0 amide bonds. The maximum atomic E-state index is 7.50. The summed E-state index contributed by atoms with van der Waals surface area (Å²) in [5, 5.41) is 7.50. The van der Waals surface area contributed by atoms with E-state index in [1.165, 1.54) is 0 Å². The van der Waals surface area contributed by atoms with Crippen molar-refractivity contribution >= 4 is 21.8 Å². The number of nitrogens with one attached hydrogen (secondary N) is 1. The van der Waals surface area contributed by atoms with Gasteiger partial charge in [-0.25, -0.2) is 0 Å². The Kier molecular flexibility index (Phi) is 3.62. The lowest BCUT2D eigenvalue weighted by molar-refractivity contribution is 0.475. The topological polar surface area (TPSA) is 72.0 Å². The lowest BCUT2D eigenvalue weighted by atomic mass is 10.2. The van der Waals surface area contributed by atoms with Crippen LogP contribution in [0.2, 0.25) is 0 Å². The average molecular weight is 306 g/mol. The Balaban J connectivity index is 2.40. The van der Waals surface area contributed by atoms with Crippen LogP contribution in [0, 0.1) is 12.3 Å². The largest absolute Gasteiger partial charge is 0.455 e. The molecule has 2 aromatic rings. The van der Waals surface area contributed by atoms with E-state index in [0.717, 1.165) is 10.0 Å². The third kappa shape index (κ3) is 2.68. The molecule has 0 aliphatic rings. The fourth-order valence-electron chi connectivity index (χ4n) is 1.49. The van der Waals surface area contributed by atoms with Crippen molar-refractivity contribution < 1.29 is 4.74 Å². The van der Waals surface area contributed by atoms with Gasteiger partial charge >= 0.3 is 0 Å². The van der Waals surface area contributed by atoms with Crippen molar-refractivity contribution in [2.24, 2.45) is 5.73 Å². The highest BCUT2D eigenvalue weighted by Crippen LogP contribution is 2.29. The lowest BCUT2D eigenvalue weighted by Gasteiger charge is -2.11. The van der Waals surface area contributed by atoms with E-state index in [4.69, 9.17) is 15.9 Å². The molecule has 0 saturated carbocycles. The van der Waals surface area contributed by atoms with Crippen molar-refractivity contribution in [3.63, 3.8) is 0 Å². The minimum absolute atomic E-state index is 0.0416. The van der Waals surface area contributed by atoms with Gasteiger partial charge in [0.05, 0.1) is 11.8 Å². The molecule has 1 aromatic heterocycles. The molecule has 1 aromatic carbocycles. The van der Waals surface area contributed by atoms with Crippen LogP contribution in [0.25, 0.3) is 0 Å². The molecule has 0 atom stereocenters. The Bertz CT molecular complexity index is 599. The number of nitrogen functional groups attached to an aromatic ring is 1. The highest BCUT2D eigenvalue weighted by molar-refractivity contribution is 9.10. The van der Waals surface area contributed by atoms with E-state index in [9.17, 15) is 0 Å². The molecule has 92 valence electrons. The SMILES string of the molecule is Cc1ccc(Br)cc1Oc1cnccc1C(=N)N. The Morgan fingerprint density at radius 1 is 1.33 bits per heavy atom. The lowest BCUT2D eigenvalue weighted by Crippen LogP contribution is -2.12. The maximum Gasteiger partial charge on any atom is 0.156 e. The number of pyridine rings is 1. The van der Waals surface area contributed by atoms with Gasteiger partial charge in [-0.2, -0.15) is 0 Å². The number of aromatic nitrogens is 1. The number of nitrogens with zero attached hydrogens (tertiary/aromatic N) is 1. The van der Waals surface area contributed by atoms with E-state index in [2.05, 4.69) is 20.9 Å². The van der Waals surface area contributed by atoms with Crippen LogP contribution in [0.3, 0.4) is 0 Å². The van der Waals surface area contributed by atoms with Crippen molar-refractivity contribution in [1.29, 1.82) is 5.41 Å². The molecule has 2 rings (SSSR count). The standard InChI is InChI=1S/C13H12BrN3O/c1-8-2-3-9(14)6-11(8)18-12-7-17-5-4-10(12)13(15)16/h2-7H,1H3,(H3,15,16). The van der Waals surface area contributed by atoms with E-state index in [1.807, 2.05) is 25.1 Å². The number of nitrogens with two attached hydrogens (primary N) is 1. The number of benzene rings is 1. The third-order valence-corrected chi connectivity index (χ3v) is 2.94. The quantitative estimate of drug-likeness (QED) is 0.675. The zero-order chi connectivity index (χ0) is 13.1. The zero-order valence-electron chi connectivity index (χ0n) is 9.77. The van der Waals surface area contributed by atoms with E-state index in [-0.39, 0.29) is 5.84 Å². The second-order valence-electron chi connectivity index (χ2n) is 3.80. The van der Waals surface area contributed by atoms with Crippen LogP contribution < -0.4 is 10.5 Å². The first-order valence-corrected chi connectivity index (χ1v) is 6.09. The first kappa shape index (κ1) is 12.6. The summed E-state index contributed by atoms with van der Waals surface area (Å²) in [6.45, 7) is 1.95. The van der Waals surface area contributed by atoms with Crippen LogP contribution in [-0.2, 0) is 0 Å². The van der Waals surface area contributed by atoms with Gasteiger partial charge in [-0.15, -0.1) is 0 Å². The molecule has 0 aliphatic carbocycles. The van der Waals surface area contributed by atoms with Crippen molar-refractivity contribution in [2.45, 2.75) is 6.92 Å². The number of halogens is 1. The number of ether oxygens (including phenoxy) is 1. The van der Waals surface area contributed by atoms with E-state index in [1.54, 1.807) is 18.5 Å². The molecule has 4 nitrogen and oxygen atoms in total. The smallest absolute Gasteiger partial charge is 0.156 e. The Labute approximate surface area is 113 Å². The number of hydrogen-bond acceptors (Lipinski definition) is 3. The number of hydrogen-bond donors (Lipinski definition) is 2. The molecule has 0 spiro atoms. The summed E-state index contributed by atoms with van der Waals surface area (Å²) in [5.41, 5.74) is 7.03. The summed E-state index contributed by atoms with van der Waals surface area (Å²) in [5.74, 6) is 1.14. The van der Waals surface area contributed by atoms with E-state index >= 15 is 0 Å². The minimum atomic E-state index is -0.0416. The Morgan fingerprint density at radius 3 is 2.83 bits per heavy atom. The monoisotopic (exact) mass is 305 g/mol. The Morgan fingerprint density at radius 2 is 2.11 bits per heavy atom. The molecule has 1 heterocycles. The number of aryl methyl sites for hydroxylation is 1. The molecular weight excluding hydrogens is 294 g/mol. The predicted molar refractivity (Wildman–Crippen MR) is 74.2 cm³/mol. The normalized spacial score (nSPS) is 10.1. The van der Waals surface area contributed by atoms with Crippen LogP contribution in [0.15, 0.2) is 41.1 Å². The van der Waals surface area contributed by atoms with Gasteiger partial charge in [0.2, 0.25) is 0 Å². The summed E-state index contributed by atoms with van der Waals surface area (Å²) in [6.07, 6.45) is 3.13. The number of rotatable bonds is 3. The second kappa shape index (κ2) is 5.18.